The normalized spacial score (nSPS) is 10.5. The molecule has 0 aliphatic carbocycles. The molecule has 2 aromatic rings. The van der Waals surface area contributed by atoms with Crippen LogP contribution in [-0.2, 0) is 0 Å². The smallest absolute Gasteiger partial charge is 0.258 e. The number of nitrogens with zero attached hydrogens (tertiary/aromatic N) is 2. The van der Waals surface area contributed by atoms with Gasteiger partial charge in [0.25, 0.3) is 5.88 Å². The molecule has 0 saturated carbocycles. The van der Waals surface area contributed by atoms with Crippen LogP contribution in [0.1, 0.15) is 11.4 Å². The largest absolute Gasteiger partial charge is 0.433 e. The van der Waals surface area contributed by atoms with E-state index in [9.17, 15) is 4.39 Å². The van der Waals surface area contributed by atoms with E-state index in [-0.39, 0.29) is 16.8 Å². The summed E-state index contributed by atoms with van der Waals surface area (Å²) in [7, 11) is 0. The quantitative estimate of drug-likeness (QED) is 0.816. The van der Waals surface area contributed by atoms with Gasteiger partial charge in [0.05, 0.1) is 11.4 Å². The topological polar surface area (TPSA) is 35.0 Å². The van der Waals surface area contributed by atoms with Gasteiger partial charge >= 0.3 is 0 Å². The average molecular weight is 332 g/mol. The monoisotopic (exact) mass is 330 g/mol. The first-order chi connectivity index (χ1) is 8.47. The maximum atomic E-state index is 13.5. The van der Waals surface area contributed by atoms with E-state index in [2.05, 4.69) is 25.9 Å². The first kappa shape index (κ1) is 13.2. The first-order valence-corrected chi connectivity index (χ1v) is 6.28. The zero-order chi connectivity index (χ0) is 13.3. The summed E-state index contributed by atoms with van der Waals surface area (Å²) in [5.41, 5.74) is 1.40. The van der Waals surface area contributed by atoms with Gasteiger partial charge in [-0.2, -0.15) is 0 Å². The van der Waals surface area contributed by atoms with Crippen LogP contribution in [-0.4, -0.2) is 9.97 Å². The van der Waals surface area contributed by atoms with Crippen LogP contribution >= 0.6 is 27.5 Å². The fourth-order valence-corrected chi connectivity index (χ4v) is 1.83. The van der Waals surface area contributed by atoms with Crippen molar-refractivity contribution in [2.75, 3.05) is 0 Å². The van der Waals surface area contributed by atoms with E-state index in [1.807, 2.05) is 0 Å². The van der Waals surface area contributed by atoms with Gasteiger partial charge in [0.2, 0.25) is 0 Å². The molecule has 0 atom stereocenters. The molecule has 94 valence electrons. The lowest BCUT2D eigenvalue weighted by Gasteiger charge is -2.09. The molecule has 0 amide bonds. The minimum absolute atomic E-state index is 0.0452. The van der Waals surface area contributed by atoms with Gasteiger partial charge in [0.15, 0.2) is 16.7 Å². The Hall–Kier alpha value is -1.20. The number of halogens is 3. The second-order valence-electron chi connectivity index (χ2n) is 3.67. The van der Waals surface area contributed by atoms with E-state index in [1.54, 1.807) is 19.9 Å². The van der Waals surface area contributed by atoms with Crippen molar-refractivity contribution >= 4 is 27.5 Å². The Kier molecular flexibility index (Phi) is 3.82. The van der Waals surface area contributed by atoms with E-state index in [0.717, 1.165) is 0 Å². The van der Waals surface area contributed by atoms with Crippen molar-refractivity contribution in [2.24, 2.45) is 0 Å². The Morgan fingerprint density at radius 3 is 2.61 bits per heavy atom. The maximum Gasteiger partial charge on any atom is 0.258 e. The Labute approximate surface area is 117 Å². The van der Waals surface area contributed by atoms with Crippen molar-refractivity contribution in [3.05, 3.63) is 45.0 Å². The molecule has 0 spiro atoms. The van der Waals surface area contributed by atoms with Crippen molar-refractivity contribution in [2.45, 2.75) is 13.8 Å². The van der Waals surface area contributed by atoms with E-state index in [1.165, 1.54) is 12.1 Å². The van der Waals surface area contributed by atoms with Crippen LogP contribution < -0.4 is 4.74 Å². The molecule has 0 radical (unpaired) electrons. The molecule has 0 bridgehead atoms. The highest BCUT2D eigenvalue weighted by molar-refractivity contribution is 9.10. The molecule has 0 aliphatic rings. The summed E-state index contributed by atoms with van der Waals surface area (Å²) in [6, 6.07) is 4.38. The van der Waals surface area contributed by atoms with Gasteiger partial charge in [0, 0.05) is 4.47 Å². The first-order valence-electron chi connectivity index (χ1n) is 5.11. The molecular formula is C12H9BrClFN2O. The number of hydrogen-bond donors (Lipinski definition) is 0. The third kappa shape index (κ3) is 2.79. The standard InChI is InChI=1S/C12H9BrClFN2O/c1-6-7(2)17-12(11(14)16-6)18-10-5-8(13)3-4-9(10)15/h3-5H,1-2H3. The molecule has 6 heteroatoms. The van der Waals surface area contributed by atoms with E-state index in [4.69, 9.17) is 16.3 Å². The lowest BCUT2D eigenvalue weighted by atomic mass is 10.3. The third-order valence-corrected chi connectivity index (χ3v) is 3.07. The summed E-state index contributed by atoms with van der Waals surface area (Å²) in [5.74, 6) is -0.352. The number of aromatic nitrogens is 2. The van der Waals surface area contributed by atoms with Crippen molar-refractivity contribution in [3.8, 4) is 11.6 Å². The zero-order valence-electron chi connectivity index (χ0n) is 9.67. The van der Waals surface area contributed by atoms with Crippen LogP contribution in [0.3, 0.4) is 0 Å². The molecule has 0 unspecified atom stereocenters. The second-order valence-corrected chi connectivity index (χ2v) is 4.94. The van der Waals surface area contributed by atoms with Gasteiger partial charge in [-0.1, -0.05) is 27.5 Å². The highest BCUT2D eigenvalue weighted by Gasteiger charge is 2.12. The number of ether oxygens (including phenoxy) is 1. The van der Waals surface area contributed by atoms with Gasteiger partial charge < -0.3 is 4.74 Å². The van der Waals surface area contributed by atoms with Gasteiger partial charge in [-0.15, -0.1) is 0 Å². The molecule has 3 nitrogen and oxygen atoms in total. The Bertz CT molecular complexity index is 607. The summed E-state index contributed by atoms with van der Waals surface area (Å²) < 4.78 is 19.6. The van der Waals surface area contributed by atoms with Crippen molar-refractivity contribution in [1.82, 2.24) is 9.97 Å². The van der Waals surface area contributed by atoms with Crippen molar-refractivity contribution in [3.63, 3.8) is 0 Å². The fourth-order valence-electron chi connectivity index (χ4n) is 1.28. The van der Waals surface area contributed by atoms with Gasteiger partial charge in [-0.3, -0.25) is 0 Å². The molecule has 1 aromatic heterocycles. The molecule has 2 rings (SSSR count). The minimum Gasteiger partial charge on any atom is -0.433 e. The Balaban J connectivity index is 2.40. The second kappa shape index (κ2) is 5.20. The summed E-state index contributed by atoms with van der Waals surface area (Å²) >= 11 is 9.15. The highest BCUT2D eigenvalue weighted by atomic mass is 79.9. The molecule has 18 heavy (non-hydrogen) atoms. The summed E-state index contributed by atoms with van der Waals surface area (Å²) in [6.45, 7) is 3.57. The Morgan fingerprint density at radius 1 is 1.22 bits per heavy atom. The van der Waals surface area contributed by atoms with Crippen molar-refractivity contribution in [1.29, 1.82) is 0 Å². The van der Waals surface area contributed by atoms with Gasteiger partial charge in [0.1, 0.15) is 0 Å². The van der Waals surface area contributed by atoms with Gasteiger partial charge in [-0.25, -0.2) is 14.4 Å². The van der Waals surface area contributed by atoms with E-state index < -0.39 is 5.82 Å². The number of benzene rings is 1. The fraction of sp³-hybridized carbons (Fsp3) is 0.167. The highest BCUT2D eigenvalue weighted by Crippen LogP contribution is 2.30. The lowest BCUT2D eigenvalue weighted by molar-refractivity contribution is 0.424. The maximum absolute atomic E-state index is 13.5. The summed E-state index contributed by atoms with van der Waals surface area (Å²) in [6.07, 6.45) is 0. The summed E-state index contributed by atoms with van der Waals surface area (Å²) in [5, 5.41) is 0.109. The zero-order valence-corrected chi connectivity index (χ0v) is 12.0. The van der Waals surface area contributed by atoms with Crippen LogP contribution in [0.25, 0.3) is 0 Å². The molecule has 0 N–H and O–H groups in total. The Morgan fingerprint density at radius 2 is 1.89 bits per heavy atom. The molecule has 1 aromatic carbocycles. The number of rotatable bonds is 2. The molecule has 1 heterocycles. The molecule has 0 fully saturated rings. The van der Waals surface area contributed by atoms with Gasteiger partial charge in [-0.05, 0) is 32.0 Å². The van der Waals surface area contributed by atoms with Crippen LogP contribution in [0, 0.1) is 19.7 Å². The van der Waals surface area contributed by atoms with E-state index >= 15 is 0 Å². The lowest BCUT2D eigenvalue weighted by Crippen LogP contribution is -1.98. The number of aryl methyl sites for hydroxylation is 2. The van der Waals surface area contributed by atoms with Crippen LogP contribution in [0.2, 0.25) is 5.15 Å². The number of hydrogen-bond acceptors (Lipinski definition) is 3. The molecular weight excluding hydrogens is 322 g/mol. The third-order valence-electron chi connectivity index (χ3n) is 2.34. The average Bonchev–Trinajstić information content (AvgIpc) is 2.30. The SMILES string of the molecule is Cc1nc(Cl)c(Oc2cc(Br)ccc2F)nc1C. The molecule has 0 aliphatic heterocycles. The predicted octanol–water partition coefficient (Wildman–Crippen LogP) is 4.44. The van der Waals surface area contributed by atoms with Crippen LogP contribution in [0.5, 0.6) is 11.6 Å². The van der Waals surface area contributed by atoms with Crippen molar-refractivity contribution < 1.29 is 9.13 Å². The van der Waals surface area contributed by atoms with Crippen LogP contribution in [0.15, 0.2) is 22.7 Å². The minimum atomic E-state index is -0.491. The molecule has 0 saturated heterocycles. The van der Waals surface area contributed by atoms with E-state index in [0.29, 0.717) is 15.9 Å². The van der Waals surface area contributed by atoms with Crippen LogP contribution in [0.4, 0.5) is 4.39 Å². The predicted molar refractivity (Wildman–Crippen MR) is 70.7 cm³/mol. The summed E-state index contributed by atoms with van der Waals surface area (Å²) in [4.78, 5) is 8.20.